The van der Waals surface area contributed by atoms with Gasteiger partial charge in [-0.05, 0) is 13.8 Å². The number of ether oxygens (including phenoxy) is 2. The molecule has 0 unspecified atom stereocenters. The highest BCUT2D eigenvalue weighted by Crippen LogP contribution is 1.86. The van der Waals surface area contributed by atoms with Crippen molar-refractivity contribution in [2.75, 3.05) is 32.9 Å². The monoisotopic (exact) mass is 244 g/mol. The molecule has 17 heavy (non-hydrogen) atoms. The minimum absolute atomic E-state index is 0.133. The van der Waals surface area contributed by atoms with Crippen LogP contribution in [0, 0.1) is 0 Å². The highest BCUT2D eigenvalue weighted by Gasteiger charge is 2.04. The highest BCUT2D eigenvalue weighted by molar-refractivity contribution is 5.80. The van der Waals surface area contributed by atoms with Crippen LogP contribution in [0.4, 0.5) is 4.79 Å². The molecule has 0 radical (unpaired) electrons. The number of carbonyl (C=O) groups excluding carboxylic acids is 2. The van der Waals surface area contributed by atoms with E-state index in [0.717, 1.165) is 5.57 Å². The molecule has 0 heterocycles. The average Bonchev–Trinajstić information content (AvgIpc) is 2.26. The van der Waals surface area contributed by atoms with Gasteiger partial charge in [0.05, 0.1) is 19.8 Å². The maximum atomic E-state index is 11.1. The van der Waals surface area contributed by atoms with Crippen molar-refractivity contribution in [2.45, 2.75) is 13.8 Å². The molecule has 2 N–H and O–H groups in total. The zero-order chi connectivity index (χ0) is 13.1. The smallest absolute Gasteiger partial charge is 0.325 e. The van der Waals surface area contributed by atoms with E-state index in [1.807, 2.05) is 6.92 Å². The number of rotatable bonds is 8. The molecule has 0 aliphatic rings. The molecule has 0 rings (SSSR count). The first-order valence-electron chi connectivity index (χ1n) is 5.45. The Bertz CT molecular complexity index is 266. The second-order valence-electron chi connectivity index (χ2n) is 3.42. The highest BCUT2D eigenvalue weighted by atomic mass is 16.5. The van der Waals surface area contributed by atoms with E-state index >= 15 is 0 Å². The molecular weight excluding hydrogens is 224 g/mol. The van der Waals surface area contributed by atoms with Crippen molar-refractivity contribution in [1.29, 1.82) is 0 Å². The lowest BCUT2D eigenvalue weighted by Crippen LogP contribution is -2.40. The average molecular weight is 244 g/mol. The third-order valence-corrected chi connectivity index (χ3v) is 1.58. The standard InChI is InChI=1S/C11H20N2O4/c1-4-17-10(14)7-13-11(15)12-5-6-16-8-9(2)3/h2,4-8H2,1,3H3,(H2,12,13,15). The van der Waals surface area contributed by atoms with Gasteiger partial charge in [0.15, 0.2) is 0 Å². The van der Waals surface area contributed by atoms with E-state index in [-0.39, 0.29) is 6.54 Å². The molecule has 0 atom stereocenters. The van der Waals surface area contributed by atoms with Gasteiger partial charge in [-0.1, -0.05) is 12.2 Å². The molecule has 6 heteroatoms. The van der Waals surface area contributed by atoms with E-state index in [2.05, 4.69) is 21.9 Å². The lowest BCUT2D eigenvalue weighted by molar-refractivity contribution is -0.141. The van der Waals surface area contributed by atoms with Crippen molar-refractivity contribution in [3.63, 3.8) is 0 Å². The summed E-state index contributed by atoms with van der Waals surface area (Å²) in [7, 11) is 0. The fourth-order valence-corrected chi connectivity index (χ4v) is 0.910. The van der Waals surface area contributed by atoms with E-state index in [4.69, 9.17) is 4.74 Å². The van der Waals surface area contributed by atoms with Crippen LogP contribution < -0.4 is 10.6 Å². The Morgan fingerprint density at radius 2 is 2.00 bits per heavy atom. The quantitative estimate of drug-likeness (QED) is 0.369. The number of amides is 2. The summed E-state index contributed by atoms with van der Waals surface area (Å²) in [6.07, 6.45) is 0. The summed E-state index contributed by atoms with van der Waals surface area (Å²) in [5.74, 6) is -0.457. The van der Waals surface area contributed by atoms with Crippen LogP contribution in [0.15, 0.2) is 12.2 Å². The van der Waals surface area contributed by atoms with Crippen molar-refractivity contribution in [2.24, 2.45) is 0 Å². The number of hydrogen-bond donors (Lipinski definition) is 2. The molecule has 0 spiro atoms. The van der Waals surface area contributed by atoms with E-state index < -0.39 is 12.0 Å². The molecule has 0 aromatic rings. The Balaban J connectivity index is 3.40. The van der Waals surface area contributed by atoms with Crippen LogP contribution in [0.25, 0.3) is 0 Å². The van der Waals surface area contributed by atoms with Gasteiger partial charge in [0.2, 0.25) is 0 Å². The Hall–Kier alpha value is -1.56. The minimum atomic E-state index is -0.457. The van der Waals surface area contributed by atoms with E-state index in [9.17, 15) is 9.59 Å². The largest absolute Gasteiger partial charge is 0.465 e. The van der Waals surface area contributed by atoms with E-state index in [1.165, 1.54) is 0 Å². The Labute approximate surface area is 101 Å². The molecule has 98 valence electrons. The number of esters is 1. The van der Waals surface area contributed by atoms with Crippen molar-refractivity contribution < 1.29 is 19.1 Å². The van der Waals surface area contributed by atoms with Gasteiger partial charge in [-0.25, -0.2) is 4.79 Å². The predicted octanol–water partition coefficient (Wildman–Crippen LogP) is 0.441. The zero-order valence-electron chi connectivity index (χ0n) is 10.4. The fraction of sp³-hybridized carbons (Fsp3) is 0.636. The maximum Gasteiger partial charge on any atom is 0.325 e. The molecule has 0 saturated carbocycles. The minimum Gasteiger partial charge on any atom is -0.465 e. The summed E-state index contributed by atoms with van der Waals surface area (Å²) in [6, 6.07) is -0.419. The van der Waals surface area contributed by atoms with Gasteiger partial charge in [0, 0.05) is 6.54 Å². The Kier molecular flexibility index (Phi) is 8.77. The van der Waals surface area contributed by atoms with Gasteiger partial charge in [-0.2, -0.15) is 0 Å². The number of nitrogens with one attached hydrogen (secondary N) is 2. The van der Waals surface area contributed by atoms with Crippen molar-refractivity contribution >= 4 is 12.0 Å². The molecule has 0 fully saturated rings. The normalized spacial score (nSPS) is 9.53. The van der Waals surface area contributed by atoms with Crippen LogP contribution in [0.1, 0.15) is 13.8 Å². The van der Waals surface area contributed by atoms with Crippen molar-refractivity contribution in [3.05, 3.63) is 12.2 Å². The first kappa shape index (κ1) is 15.4. The molecule has 0 bridgehead atoms. The third kappa shape index (κ3) is 10.7. The van der Waals surface area contributed by atoms with Crippen LogP contribution in [-0.4, -0.2) is 44.9 Å². The molecule has 0 aliphatic carbocycles. The van der Waals surface area contributed by atoms with Gasteiger partial charge in [-0.15, -0.1) is 0 Å². The van der Waals surface area contributed by atoms with E-state index in [1.54, 1.807) is 6.92 Å². The van der Waals surface area contributed by atoms with Gasteiger partial charge in [-0.3, -0.25) is 4.79 Å². The van der Waals surface area contributed by atoms with Crippen LogP contribution in [0.3, 0.4) is 0 Å². The lowest BCUT2D eigenvalue weighted by atomic mass is 10.4. The molecule has 0 aliphatic heterocycles. The fourth-order valence-electron chi connectivity index (χ4n) is 0.910. The SMILES string of the molecule is C=C(C)COCCNC(=O)NCC(=O)OCC. The van der Waals surface area contributed by atoms with Crippen molar-refractivity contribution in [1.82, 2.24) is 10.6 Å². The number of carbonyl (C=O) groups is 2. The summed E-state index contributed by atoms with van der Waals surface area (Å²) < 4.78 is 9.82. The summed E-state index contributed by atoms with van der Waals surface area (Å²) >= 11 is 0. The first-order chi connectivity index (χ1) is 8.06. The maximum absolute atomic E-state index is 11.1. The molecular formula is C11H20N2O4. The van der Waals surface area contributed by atoms with Crippen LogP contribution in [0.2, 0.25) is 0 Å². The molecule has 6 nitrogen and oxygen atoms in total. The zero-order valence-corrected chi connectivity index (χ0v) is 10.4. The van der Waals surface area contributed by atoms with Gasteiger partial charge in [0.25, 0.3) is 0 Å². The van der Waals surface area contributed by atoms with E-state index in [0.29, 0.717) is 26.4 Å². The topological polar surface area (TPSA) is 76.7 Å². The third-order valence-electron chi connectivity index (χ3n) is 1.58. The first-order valence-corrected chi connectivity index (χ1v) is 5.45. The number of urea groups is 1. The Morgan fingerprint density at radius 3 is 2.59 bits per heavy atom. The van der Waals surface area contributed by atoms with Gasteiger partial charge >= 0.3 is 12.0 Å². The molecule has 0 aromatic heterocycles. The molecule has 0 aromatic carbocycles. The Morgan fingerprint density at radius 1 is 1.29 bits per heavy atom. The molecule has 0 saturated heterocycles. The van der Waals surface area contributed by atoms with Crippen LogP contribution in [0.5, 0.6) is 0 Å². The predicted molar refractivity (Wildman–Crippen MR) is 63.7 cm³/mol. The summed E-state index contributed by atoms with van der Waals surface area (Å²) in [5, 5.41) is 4.91. The van der Waals surface area contributed by atoms with Crippen LogP contribution >= 0.6 is 0 Å². The summed E-state index contributed by atoms with van der Waals surface area (Å²) in [5.41, 5.74) is 0.928. The second kappa shape index (κ2) is 9.65. The number of hydrogen-bond acceptors (Lipinski definition) is 4. The molecule has 2 amide bonds. The second-order valence-corrected chi connectivity index (χ2v) is 3.42. The van der Waals surface area contributed by atoms with Crippen molar-refractivity contribution in [3.8, 4) is 0 Å². The lowest BCUT2D eigenvalue weighted by Gasteiger charge is -2.07. The van der Waals surface area contributed by atoms with Gasteiger partial charge < -0.3 is 20.1 Å². The summed E-state index contributed by atoms with van der Waals surface area (Å²) in [6.45, 7) is 8.67. The van der Waals surface area contributed by atoms with Crippen LogP contribution in [-0.2, 0) is 14.3 Å². The summed E-state index contributed by atoms with van der Waals surface area (Å²) in [4.78, 5) is 22.0. The van der Waals surface area contributed by atoms with Gasteiger partial charge in [0.1, 0.15) is 6.54 Å².